The number of anilines is 2. The molecule has 4 heterocycles. The number of morpholine rings is 1. The fourth-order valence-electron chi connectivity index (χ4n) is 4.48. The summed E-state index contributed by atoms with van der Waals surface area (Å²) in [7, 11) is 0. The summed E-state index contributed by atoms with van der Waals surface area (Å²) in [6.07, 6.45) is 0. The van der Waals surface area contributed by atoms with Crippen LogP contribution in [-0.4, -0.2) is 96.2 Å². The molecule has 2 aromatic heterocycles. The van der Waals surface area contributed by atoms with Gasteiger partial charge in [0.15, 0.2) is 5.69 Å². The van der Waals surface area contributed by atoms with Gasteiger partial charge in [0.25, 0.3) is 5.91 Å². The van der Waals surface area contributed by atoms with Crippen LogP contribution in [0.1, 0.15) is 26.7 Å². The number of amides is 1. The Morgan fingerprint density at radius 2 is 1.82 bits per heavy atom. The van der Waals surface area contributed by atoms with Crippen LogP contribution in [0.4, 0.5) is 11.8 Å². The summed E-state index contributed by atoms with van der Waals surface area (Å²) in [6, 6.07) is 1.55. The Kier molecular flexibility index (Phi) is 6.85. The molecule has 0 bridgehead atoms. The number of aromatic nitrogens is 3. The molecule has 1 aliphatic carbocycles. The molecular weight excluding hydrogens is 466 g/mol. The van der Waals surface area contributed by atoms with Gasteiger partial charge >= 0.3 is 24.8 Å². The van der Waals surface area contributed by atoms with E-state index in [9.17, 15) is 14.7 Å². The summed E-state index contributed by atoms with van der Waals surface area (Å²) in [5, 5.41) is 13.1. The minimum atomic E-state index is -1.09. The van der Waals surface area contributed by atoms with E-state index < -0.39 is 5.97 Å². The Morgan fingerprint density at radius 1 is 1.15 bits per heavy atom. The Morgan fingerprint density at radius 3 is 2.39 bits per heavy atom. The zero-order valence-corrected chi connectivity index (χ0v) is 18.8. The van der Waals surface area contributed by atoms with Gasteiger partial charge in [-0.3, -0.25) is 4.79 Å². The third kappa shape index (κ3) is 4.55. The van der Waals surface area contributed by atoms with Crippen molar-refractivity contribution < 1.29 is 19.4 Å². The summed E-state index contributed by atoms with van der Waals surface area (Å²) >= 11 is 12.2. The number of H-pyrrole nitrogens is 1. The monoisotopic (exact) mass is 488 g/mol. The van der Waals surface area contributed by atoms with Crippen LogP contribution in [0.25, 0.3) is 0 Å². The van der Waals surface area contributed by atoms with Crippen LogP contribution in [0.2, 0.25) is 10.0 Å². The maximum atomic E-state index is 12.6. The molecule has 0 aromatic carbocycles. The number of nitrogens with one attached hydrogen (secondary N) is 2. The third-order valence-corrected chi connectivity index (χ3v) is 7.26. The second kappa shape index (κ2) is 9.35. The van der Waals surface area contributed by atoms with Crippen LogP contribution in [0.15, 0.2) is 6.07 Å². The molecule has 1 unspecified atom stereocenters. The van der Waals surface area contributed by atoms with Gasteiger partial charge < -0.3 is 29.9 Å². The number of hydrogen-bond acceptors (Lipinski definition) is 7. The Bertz CT molecular complexity index is 1080. The van der Waals surface area contributed by atoms with E-state index in [-0.39, 0.29) is 59.1 Å². The molecule has 2 aliphatic heterocycles. The average molecular weight is 489 g/mol. The molecule has 3 atom stereocenters. The molecule has 33 heavy (non-hydrogen) atoms. The van der Waals surface area contributed by atoms with Gasteiger partial charge in [0, 0.05) is 55.8 Å². The number of aryl methyl sites for hydroxylation is 1. The number of carbonyl (C=O) groups excluding carboxylic acids is 1. The molecule has 2 aromatic rings. The molecular formula is C20H23Cl2LiN6O4. The van der Waals surface area contributed by atoms with Crippen LogP contribution in [-0.2, 0) is 4.74 Å². The molecule has 13 heteroatoms. The number of piperidine rings is 1. The summed E-state index contributed by atoms with van der Waals surface area (Å²) < 4.78 is 5.36. The molecule has 2 saturated heterocycles. The first kappa shape index (κ1) is 24.2. The zero-order chi connectivity index (χ0) is 22.6. The minimum absolute atomic E-state index is 0. The van der Waals surface area contributed by atoms with Crippen molar-refractivity contribution in [3.05, 3.63) is 33.2 Å². The summed E-state index contributed by atoms with van der Waals surface area (Å²) in [5.41, 5.74) is 0.890. The van der Waals surface area contributed by atoms with Crippen molar-refractivity contribution >= 4 is 65.7 Å². The molecule has 172 valence electrons. The van der Waals surface area contributed by atoms with E-state index in [0.717, 1.165) is 0 Å². The van der Waals surface area contributed by atoms with E-state index in [4.69, 9.17) is 27.9 Å². The van der Waals surface area contributed by atoms with Crippen molar-refractivity contribution in [3.63, 3.8) is 0 Å². The van der Waals surface area contributed by atoms with Gasteiger partial charge in [-0.15, -0.1) is 0 Å². The van der Waals surface area contributed by atoms with Gasteiger partial charge in [-0.2, -0.15) is 4.98 Å². The number of aromatic carboxylic acids is 1. The topological polar surface area (TPSA) is 124 Å². The van der Waals surface area contributed by atoms with Crippen molar-refractivity contribution in [2.45, 2.75) is 13.0 Å². The van der Waals surface area contributed by atoms with Gasteiger partial charge in [-0.25, -0.2) is 9.78 Å². The molecule has 0 radical (unpaired) electrons. The van der Waals surface area contributed by atoms with E-state index in [1.165, 1.54) is 6.07 Å². The Hall–Kier alpha value is -1.96. The number of rotatable bonds is 5. The summed E-state index contributed by atoms with van der Waals surface area (Å²) in [6.45, 7) is 5.45. The van der Waals surface area contributed by atoms with Crippen molar-refractivity contribution in [2.75, 3.05) is 49.2 Å². The van der Waals surface area contributed by atoms with Crippen LogP contribution in [0, 0.1) is 18.8 Å². The standard InChI is InChI=1S/C20H22Cl2N6O4.Li.H/c1-9-14(21)15(22)17(23-9)18(29)26-16-10-7-28(8-11(10)16)13-6-12(19(30)31)24-20(25-13)27-2-4-32-5-3-27;;/h6,10-11,16,23H,2-5,7-8H2,1H3,(H,26,29)(H,30,31);;/t10-,11+,16?;;. The predicted octanol–water partition coefficient (Wildman–Crippen LogP) is 1.17. The molecule has 0 spiro atoms. The van der Waals surface area contributed by atoms with Crippen molar-refractivity contribution in [1.29, 1.82) is 0 Å². The molecule has 1 amide bonds. The number of ether oxygens (including phenoxy) is 1. The summed E-state index contributed by atoms with van der Waals surface area (Å²) in [4.78, 5) is 40.0. The quantitative estimate of drug-likeness (QED) is 0.535. The van der Waals surface area contributed by atoms with Crippen LogP contribution < -0.4 is 15.1 Å². The predicted molar refractivity (Wildman–Crippen MR) is 125 cm³/mol. The Labute approximate surface area is 212 Å². The van der Waals surface area contributed by atoms with E-state index >= 15 is 0 Å². The molecule has 3 aliphatic rings. The van der Waals surface area contributed by atoms with Crippen molar-refractivity contribution in [3.8, 4) is 0 Å². The molecule has 1 saturated carbocycles. The SMILES string of the molecule is Cc1[nH]c(C(=O)NC2[C@H]3CN(c4cc(C(=O)O)nc(N5CCOCC5)n4)C[C@@H]23)c(Cl)c1Cl.[LiH]. The number of hydrogen-bond donors (Lipinski definition) is 3. The number of nitrogens with zero attached hydrogens (tertiary/aromatic N) is 4. The first-order chi connectivity index (χ1) is 15.3. The number of carboxylic acid groups (broad SMARTS) is 1. The van der Waals surface area contributed by atoms with Crippen LogP contribution in [0.3, 0.4) is 0 Å². The fraction of sp³-hybridized carbons (Fsp3) is 0.500. The average Bonchev–Trinajstić information content (AvgIpc) is 3.11. The summed E-state index contributed by atoms with van der Waals surface area (Å²) in [5.74, 6) is 0.155. The van der Waals surface area contributed by atoms with Gasteiger partial charge in [-0.1, -0.05) is 23.2 Å². The van der Waals surface area contributed by atoms with Gasteiger partial charge in [-0.05, 0) is 6.92 Å². The van der Waals surface area contributed by atoms with Gasteiger partial charge in [0.1, 0.15) is 11.5 Å². The number of fused-ring (bicyclic) bond motifs is 1. The first-order valence-electron chi connectivity index (χ1n) is 10.4. The number of halogens is 2. The second-order valence-electron chi connectivity index (χ2n) is 8.30. The van der Waals surface area contributed by atoms with E-state index in [1.807, 2.05) is 4.90 Å². The van der Waals surface area contributed by atoms with Gasteiger partial charge in [0.05, 0.1) is 23.3 Å². The maximum absolute atomic E-state index is 12.6. The molecule has 3 N–H and O–H groups in total. The van der Waals surface area contributed by atoms with Crippen molar-refractivity contribution in [2.24, 2.45) is 11.8 Å². The molecule has 3 fully saturated rings. The third-order valence-electron chi connectivity index (χ3n) is 6.31. The fourth-order valence-corrected chi connectivity index (χ4v) is 4.89. The zero-order valence-electron chi connectivity index (χ0n) is 17.3. The number of carboxylic acids is 1. The van der Waals surface area contributed by atoms with Crippen molar-refractivity contribution in [1.82, 2.24) is 20.3 Å². The molecule has 5 rings (SSSR count). The normalized spacial score (nSPS) is 23.7. The second-order valence-corrected chi connectivity index (χ2v) is 9.06. The van der Waals surface area contributed by atoms with Crippen LogP contribution in [0.5, 0.6) is 0 Å². The van der Waals surface area contributed by atoms with Gasteiger partial charge in [0.2, 0.25) is 5.95 Å². The number of carbonyl (C=O) groups is 2. The van der Waals surface area contributed by atoms with E-state index in [0.29, 0.717) is 61.9 Å². The first-order valence-corrected chi connectivity index (χ1v) is 11.1. The molecule has 10 nitrogen and oxygen atoms in total. The Balaban J connectivity index is 0.00000259. The van der Waals surface area contributed by atoms with E-state index in [2.05, 4.69) is 25.2 Å². The number of aromatic amines is 1. The van der Waals surface area contributed by atoms with E-state index in [1.54, 1.807) is 6.92 Å². The van der Waals surface area contributed by atoms with Crippen LogP contribution >= 0.6 is 23.2 Å².